The van der Waals surface area contributed by atoms with E-state index in [4.69, 9.17) is 5.73 Å². The van der Waals surface area contributed by atoms with Gasteiger partial charge in [0.05, 0.1) is 10.6 Å². The van der Waals surface area contributed by atoms with Crippen LogP contribution in [0.2, 0.25) is 0 Å². The molecule has 9 heteroatoms. The molecule has 0 aliphatic rings. The fourth-order valence-corrected chi connectivity index (χ4v) is 3.55. The molecular formula is C10H15N3O4S2. The molecule has 0 spiro atoms. The fraction of sp³-hybridized carbons (Fsp3) is 0.400. The molecule has 0 bridgehead atoms. The van der Waals surface area contributed by atoms with Gasteiger partial charge in [-0.05, 0) is 19.2 Å². The standard InChI is InChI=1S/C10H15N3O4S2/c1-7(6-18-2)12-19(16,17)10-4-3-8(13(14)15)5-9(10)11/h3-5,7,12H,6,11H2,1-2H3. The number of nitro groups is 1. The lowest BCUT2D eigenvalue weighted by Crippen LogP contribution is -2.34. The number of hydrogen-bond donors (Lipinski definition) is 2. The molecule has 0 fully saturated rings. The number of hydrogen-bond acceptors (Lipinski definition) is 6. The van der Waals surface area contributed by atoms with Gasteiger partial charge in [-0.15, -0.1) is 0 Å². The molecule has 0 aliphatic heterocycles. The van der Waals surface area contributed by atoms with Crippen LogP contribution in [0.3, 0.4) is 0 Å². The minimum Gasteiger partial charge on any atom is -0.397 e. The number of nitrogens with one attached hydrogen (secondary N) is 1. The molecule has 0 heterocycles. The number of thioether (sulfide) groups is 1. The molecular weight excluding hydrogens is 290 g/mol. The zero-order chi connectivity index (χ0) is 14.6. The lowest BCUT2D eigenvalue weighted by Gasteiger charge is -2.14. The van der Waals surface area contributed by atoms with Crippen molar-refractivity contribution < 1.29 is 13.3 Å². The Morgan fingerprint density at radius 1 is 1.53 bits per heavy atom. The molecule has 0 saturated heterocycles. The SMILES string of the molecule is CSCC(C)NS(=O)(=O)c1ccc([N+](=O)[O-])cc1N. The highest BCUT2D eigenvalue weighted by molar-refractivity contribution is 7.98. The lowest BCUT2D eigenvalue weighted by molar-refractivity contribution is -0.384. The Balaban J connectivity index is 3.05. The van der Waals surface area contributed by atoms with E-state index in [0.717, 1.165) is 18.2 Å². The average molecular weight is 305 g/mol. The van der Waals surface area contributed by atoms with Gasteiger partial charge in [0.25, 0.3) is 5.69 Å². The van der Waals surface area contributed by atoms with Crippen molar-refractivity contribution >= 4 is 33.2 Å². The van der Waals surface area contributed by atoms with E-state index in [1.807, 2.05) is 6.26 Å². The Bertz CT molecular complexity index is 574. The molecule has 1 rings (SSSR count). The summed E-state index contributed by atoms with van der Waals surface area (Å²) < 4.78 is 26.6. The third-order valence-electron chi connectivity index (χ3n) is 2.27. The largest absolute Gasteiger partial charge is 0.397 e. The Hall–Kier alpha value is -1.32. The van der Waals surface area contributed by atoms with Crippen molar-refractivity contribution in [2.45, 2.75) is 17.9 Å². The first kappa shape index (κ1) is 15.7. The Labute approximate surface area is 115 Å². The van der Waals surface area contributed by atoms with Gasteiger partial charge in [0, 0.05) is 23.9 Å². The maximum absolute atomic E-state index is 12.0. The van der Waals surface area contributed by atoms with Gasteiger partial charge in [-0.1, -0.05) is 0 Å². The topological polar surface area (TPSA) is 115 Å². The zero-order valence-electron chi connectivity index (χ0n) is 10.5. The number of anilines is 1. The molecule has 7 nitrogen and oxygen atoms in total. The highest BCUT2D eigenvalue weighted by atomic mass is 32.2. The number of nitrogen functional groups attached to an aromatic ring is 1. The second-order valence-corrected chi connectivity index (χ2v) is 6.55. The normalized spacial score (nSPS) is 13.2. The molecule has 0 aliphatic carbocycles. The van der Waals surface area contributed by atoms with Gasteiger partial charge in [0.15, 0.2) is 0 Å². The monoisotopic (exact) mass is 305 g/mol. The molecule has 0 saturated carbocycles. The predicted octanol–water partition coefficient (Wildman–Crippen LogP) is 1.21. The van der Waals surface area contributed by atoms with Crippen LogP contribution in [0.1, 0.15) is 6.92 Å². The van der Waals surface area contributed by atoms with Gasteiger partial charge in [0.1, 0.15) is 4.90 Å². The van der Waals surface area contributed by atoms with Crippen LogP contribution >= 0.6 is 11.8 Å². The van der Waals surface area contributed by atoms with Gasteiger partial charge < -0.3 is 5.73 Å². The molecule has 0 radical (unpaired) electrons. The van der Waals surface area contributed by atoms with E-state index in [-0.39, 0.29) is 22.3 Å². The molecule has 106 valence electrons. The fourth-order valence-electron chi connectivity index (χ4n) is 1.51. The summed E-state index contributed by atoms with van der Waals surface area (Å²) in [5.74, 6) is 0.617. The first-order valence-corrected chi connectivity index (χ1v) is 8.21. The number of nitrogens with zero attached hydrogens (tertiary/aromatic N) is 1. The van der Waals surface area contributed by atoms with Crippen molar-refractivity contribution in [1.82, 2.24) is 4.72 Å². The van der Waals surface area contributed by atoms with Gasteiger partial charge in [-0.3, -0.25) is 10.1 Å². The van der Waals surface area contributed by atoms with E-state index in [1.165, 1.54) is 11.8 Å². The van der Waals surface area contributed by atoms with Gasteiger partial charge in [-0.2, -0.15) is 11.8 Å². The van der Waals surface area contributed by atoms with Crippen LogP contribution in [0.15, 0.2) is 23.1 Å². The van der Waals surface area contributed by atoms with Gasteiger partial charge in [0.2, 0.25) is 10.0 Å². The summed E-state index contributed by atoms with van der Waals surface area (Å²) in [5.41, 5.74) is 5.18. The number of nitro benzene ring substituents is 1. The van der Waals surface area contributed by atoms with Crippen LogP contribution < -0.4 is 10.5 Å². The Kier molecular flexibility index (Phi) is 5.15. The summed E-state index contributed by atoms with van der Waals surface area (Å²) in [6.07, 6.45) is 1.87. The molecule has 1 unspecified atom stereocenters. The minimum absolute atomic E-state index is 0.141. The van der Waals surface area contributed by atoms with E-state index < -0.39 is 14.9 Å². The number of benzene rings is 1. The zero-order valence-corrected chi connectivity index (χ0v) is 12.1. The molecule has 19 heavy (non-hydrogen) atoms. The van der Waals surface area contributed by atoms with Crippen LogP contribution in [0.4, 0.5) is 11.4 Å². The highest BCUT2D eigenvalue weighted by Crippen LogP contribution is 2.23. The molecule has 1 atom stereocenters. The van der Waals surface area contributed by atoms with Gasteiger partial charge >= 0.3 is 0 Å². The first-order valence-electron chi connectivity index (χ1n) is 5.33. The van der Waals surface area contributed by atoms with E-state index in [2.05, 4.69) is 4.72 Å². The second kappa shape index (κ2) is 6.22. The van der Waals surface area contributed by atoms with Crippen LogP contribution in [0.25, 0.3) is 0 Å². The van der Waals surface area contributed by atoms with E-state index in [9.17, 15) is 18.5 Å². The van der Waals surface area contributed by atoms with Gasteiger partial charge in [-0.25, -0.2) is 13.1 Å². The van der Waals surface area contributed by atoms with E-state index >= 15 is 0 Å². The summed E-state index contributed by atoms with van der Waals surface area (Å²) >= 11 is 1.51. The van der Waals surface area contributed by atoms with Crippen molar-refractivity contribution in [2.24, 2.45) is 0 Å². The van der Waals surface area contributed by atoms with Crippen molar-refractivity contribution in [3.63, 3.8) is 0 Å². The smallest absolute Gasteiger partial charge is 0.271 e. The average Bonchev–Trinajstić information content (AvgIpc) is 2.27. The third-order valence-corrected chi connectivity index (χ3v) is 4.76. The third kappa shape index (κ3) is 4.08. The van der Waals surface area contributed by atoms with Crippen molar-refractivity contribution in [3.05, 3.63) is 28.3 Å². The Morgan fingerprint density at radius 3 is 2.63 bits per heavy atom. The highest BCUT2D eigenvalue weighted by Gasteiger charge is 2.21. The van der Waals surface area contributed by atoms with Crippen molar-refractivity contribution in [3.8, 4) is 0 Å². The predicted molar refractivity (Wildman–Crippen MR) is 75.7 cm³/mol. The van der Waals surface area contributed by atoms with Crippen molar-refractivity contribution in [2.75, 3.05) is 17.7 Å². The maximum Gasteiger partial charge on any atom is 0.271 e. The molecule has 1 aromatic carbocycles. The summed E-state index contributed by atoms with van der Waals surface area (Å²) in [5, 5.41) is 10.6. The summed E-state index contributed by atoms with van der Waals surface area (Å²) in [6.45, 7) is 1.73. The molecule has 1 aromatic rings. The number of rotatable bonds is 6. The maximum atomic E-state index is 12.0. The number of sulfonamides is 1. The molecule has 0 aromatic heterocycles. The Morgan fingerprint density at radius 2 is 2.16 bits per heavy atom. The van der Waals surface area contributed by atoms with Crippen LogP contribution in [0, 0.1) is 10.1 Å². The van der Waals surface area contributed by atoms with Crippen molar-refractivity contribution in [1.29, 1.82) is 0 Å². The molecule has 0 amide bonds. The van der Waals surface area contributed by atoms with E-state index in [0.29, 0.717) is 5.75 Å². The summed E-state index contributed by atoms with van der Waals surface area (Å²) in [6, 6.07) is 3.04. The number of non-ortho nitro benzene ring substituents is 1. The van der Waals surface area contributed by atoms with E-state index in [1.54, 1.807) is 6.92 Å². The van der Waals surface area contributed by atoms with Crippen LogP contribution in [0.5, 0.6) is 0 Å². The second-order valence-electron chi connectivity index (χ2n) is 3.96. The minimum atomic E-state index is -3.77. The van der Waals surface area contributed by atoms with Crippen LogP contribution in [-0.2, 0) is 10.0 Å². The number of nitrogens with two attached hydrogens (primary N) is 1. The summed E-state index contributed by atoms with van der Waals surface area (Å²) in [4.78, 5) is 9.78. The summed E-state index contributed by atoms with van der Waals surface area (Å²) in [7, 11) is -3.77. The quantitative estimate of drug-likeness (QED) is 0.463. The lowest BCUT2D eigenvalue weighted by atomic mass is 10.3. The molecule has 3 N–H and O–H groups in total. The van der Waals surface area contributed by atoms with Crippen LogP contribution in [-0.4, -0.2) is 31.4 Å². The first-order chi connectivity index (χ1) is 8.77.